The molecule has 0 aliphatic heterocycles. The van der Waals surface area contributed by atoms with E-state index in [1.54, 1.807) is 12.3 Å². The van der Waals surface area contributed by atoms with Crippen LogP contribution in [0.1, 0.15) is 24.9 Å². The third kappa shape index (κ3) is 3.80. The quantitative estimate of drug-likeness (QED) is 0.758. The molecule has 1 heterocycles. The van der Waals surface area contributed by atoms with E-state index in [1.165, 1.54) is 6.20 Å². The molecule has 1 atom stereocenters. The number of thioether (sulfide) groups is 1. The second kappa shape index (κ2) is 6.80. The molecule has 0 aliphatic rings. The average Bonchev–Trinajstić information content (AvgIpc) is 2.26. The third-order valence-corrected chi connectivity index (χ3v) is 3.43. The molecule has 0 fully saturated rings. The Balaban J connectivity index is 2.61. The van der Waals surface area contributed by atoms with Crippen molar-refractivity contribution in [1.29, 1.82) is 0 Å². The van der Waals surface area contributed by atoms with Crippen molar-refractivity contribution in [2.75, 3.05) is 18.6 Å². The summed E-state index contributed by atoms with van der Waals surface area (Å²) in [5, 5.41) is 3.13. The lowest BCUT2D eigenvalue weighted by molar-refractivity contribution is 0.560. The fourth-order valence-electron chi connectivity index (χ4n) is 1.34. The molecule has 0 amide bonds. The Morgan fingerprint density at radius 3 is 3.00 bits per heavy atom. The maximum atomic E-state index is 13.4. The monoisotopic (exact) mass is 228 g/mol. The van der Waals surface area contributed by atoms with Crippen LogP contribution in [0.5, 0.6) is 0 Å². The van der Waals surface area contributed by atoms with Gasteiger partial charge in [-0.25, -0.2) is 4.39 Å². The zero-order valence-corrected chi connectivity index (χ0v) is 9.98. The molecule has 4 heteroatoms. The lowest BCUT2D eigenvalue weighted by Gasteiger charge is -2.16. The summed E-state index contributed by atoms with van der Waals surface area (Å²) in [7, 11) is 1.86. The van der Waals surface area contributed by atoms with E-state index in [-0.39, 0.29) is 11.9 Å². The molecular formula is C11H17FN2S. The fourth-order valence-corrected chi connectivity index (χ4v) is 2.38. The number of aromatic nitrogens is 1. The van der Waals surface area contributed by atoms with E-state index in [2.05, 4.69) is 17.2 Å². The summed E-state index contributed by atoms with van der Waals surface area (Å²) in [6, 6.07) is 1.81. The van der Waals surface area contributed by atoms with Crippen LogP contribution >= 0.6 is 11.8 Å². The Morgan fingerprint density at radius 2 is 2.40 bits per heavy atom. The van der Waals surface area contributed by atoms with Gasteiger partial charge in [0.2, 0.25) is 0 Å². The van der Waals surface area contributed by atoms with E-state index in [0.29, 0.717) is 5.56 Å². The highest BCUT2D eigenvalue weighted by Gasteiger charge is 2.13. The van der Waals surface area contributed by atoms with E-state index in [4.69, 9.17) is 0 Å². The number of hydrogen-bond acceptors (Lipinski definition) is 3. The first-order valence-corrected chi connectivity index (χ1v) is 6.29. The molecular weight excluding hydrogens is 211 g/mol. The van der Waals surface area contributed by atoms with Crippen molar-refractivity contribution in [2.45, 2.75) is 19.4 Å². The van der Waals surface area contributed by atoms with Crippen molar-refractivity contribution in [3.63, 3.8) is 0 Å². The number of halogens is 1. The van der Waals surface area contributed by atoms with E-state index in [0.717, 1.165) is 17.9 Å². The number of nitrogens with zero attached hydrogens (tertiary/aromatic N) is 1. The normalized spacial score (nSPS) is 12.7. The van der Waals surface area contributed by atoms with Gasteiger partial charge in [0.1, 0.15) is 5.82 Å². The van der Waals surface area contributed by atoms with Crippen molar-refractivity contribution in [3.8, 4) is 0 Å². The summed E-state index contributed by atoms with van der Waals surface area (Å²) >= 11 is 1.84. The van der Waals surface area contributed by atoms with Crippen molar-refractivity contribution in [1.82, 2.24) is 10.3 Å². The van der Waals surface area contributed by atoms with Gasteiger partial charge < -0.3 is 5.32 Å². The maximum Gasteiger partial charge on any atom is 0.146 e. The van der Waals surface area contributed by atoms with Gasteiger partial charge in [-0.15, -0.1) is 0 Å². The van der Waals surface area contributed by atoms with Crippen molar-refractivity contribution in [3.05, 3.63) is 29.8 Å². The third-order valence-electron chi connectivity index (χ3n) is 2.16. The van der Waals surface area contributed by atoms with E-state index < -0.39 is 0 Å². The van der Waals surface area contributed by atoms with Gasteiger partial charge in [0.05, 0.1) is 6.20 Å². The number of nitrogens with one attached hydrogen (secondary N) is 1. The Hall–Kier alpha value is -0.610. The summed E-state index contributed by atoms with van der Waals surface area (Å²) < 4.78 is 13.4. The Labute approximate surface area is 94.7 Å². The maximum absolute atomic E-state index is 13.4. The molecule has 15 heavy (non-hydrogen) atoms. The van der Waals surface area contributed by atoms with Gasteiger partial charge in [-0.1, -0.05) is 6.92 Å². The zero-order chi connectivity index (χ0) is 11.1. The molecule has 1 rings (SSSR count). The minimum Gasteiger partial charge on any atom is -0.312 e. The summed E-state index contributed by atoms with van der Waals surface area (Å²) in [6.07, 6.45) is 4.05. The highest BCUT2D eigenvalue weighted by atomic mass is 32.2. The molecule has 0 bridgehead atoms. The van der Waals surface area contributed by atoms with Crippen molar-refractivity contribution in [2.24, 2.45) is 0 Å². The second-order valence-electron chi connectivity index (χ2n) is 3.31. The second-order valence-corrected chi connectivity index (χ2v) is 4.46. The fraction of sp³-hybridized carbons (Fsp3) is 0.545. The minimum atomic E-state index is -0.228. The smallest absolute Gasteiger partial charge is 0.146 e. The Bertz CT molecular complexity index is 294. The molecule has 2 nitrogen and oxygen atoms in total. The number of hydrogen-bond donors (Lipinski definition) is 1. The lowest BCUT2D eigenvalue weighted by Crippen LogP contribution is -2.20. The molecule has 0 saturated carbocycles. The largest absolute Gasteiger partial charge is 0.312 e. The first-order chi connectivity index (χ1) is 7.29. The first kappa shape index (κ1) is 12.5. The van der Waals surface area contributed by atoms with Crippen LogP contribution in [0.25, 0.3) is 0 Å². The van der Waals surface area contributed by atoms with Gasteiger partial charge in [-0.2, -0.15) is 11.8 Å². The summed E-state index contributed by atoms with van der Waals surface area (Å²) in [6.45, 7) is 2.15. The summed E-state index contributed by atoms with van der Waals surface area (Å²) in [5.74, 6) is 1.78. The molecule has 1 aromatic rings. The van der Waals surface area contributed by atoms with Crippen molar-refractivity contribution >= 4 is 11.8 Å². The number of pyridine rings is 1. The predicted octanol–water partition coefficient (Wildman–Crippen LogP) is 2.62. The van der Waals surface area contributed by atoms with Crippen LogP contribution in [0.4, 0.5) is 4.39 Å². The van der Waals surface area contributed by atoms with Gasteiger partial charge in [0.25, 0.3) is 0 Å². The predicted molar refractivity (Wildman–Crippen MR) is 63.6 cm³/mol. The van der Waals surface area contributed by atoms with Gasteiger partial charge in [-0.3, -0.25) is 4.98 Å². The van der Waals surface area contributed by atoms with Crippen LogP contribution in [0.2, 0.25) is 0 Å². The van der Waals surface area contributed by atoms with Crippen LogP contribution in [0, 0.1) is 5.82 Å². The first-order valence-electron chi connectivity index (χ1n) is 5.14. The summed E-state index contributed by atoms with van der Waals surface area (Å²) in [4.78, 5) is 3.75. The van der Waals surface area contributed by atoms with Crippen LogP contribution in [-0.2, 0) is 0 Å². The van der Waals surface area contributed by atoms with Gasteiger partial charge >= 0.3 is 0 Å². The molecule has 1 aromatic heterocycles. The van der Waals surface area contributed by atoms with Crippen LogP contribution in [0.15, 0.2) is 18.5 Å². The molecule has 0 aromatic carbocycles. The minimum absolute atomic E-state index is 0.0737. The van der Waals surface area contributed by atoms with Gasteiger partial charge in [-0.05, 0) is 25.3 Å². The molecule has 1 unspecified atom stereocenters. The molecule has 84 valence electrons. The van der Waals surface area contributed by atoms with Crippen LogP contribution < -0.4 is 5.32 Å². The Morgan fingerprint density at radius 1 is 1.60 bits per heavy atom. The molecule has 0 aliphatic carbocycles. The SMILES string of the molecule is CCCSCC(NC)c1ccncc1F. The molecule has 0 saturated heterocycles. The molecule has 1 N–H and O–H groups in total. The lowest BCUT2D eigenvalue weighted by atomic mass is 10.1. The van der Waals surface area contributed by atoms with E-state index in [1.807, 2.05) is 18.8 Å². The van der Waals surface area contributed by atoms with Crippen LogP contribution in [0.3, 0.4) is 0 Å². The standard InChI is InChI=1S/C11H17FN2S/c1-3-6-15-8-11(13-2)9-4-5-14-7-10(9)12/h4-5,7,11,13H,3,6,8H2,1-2H3. The van der Waals surface area contributed by atoms with E-state index in [9.17, 15) is 4.39 Å². The topological polar surface area (TPSA) is 24.9 Å². The van der Waals surface area contributed by atoms with Gasteiger partial charge in [0.15, 0.2) is 0 Å². The molecule has 0 radical (unpaired) electrons. The Kier molecular flexibility index (Phi) is 5.65. The number of rotatable bonds is 6. The van der Waals surface area contributed by atoms with Crippen LogP contribution in [-0.4, -0.2) is 23.5 Å². The highest BCUT2D eigenvalue weighted by Crippen LogP contribution is 2.20. The van der Waals surface area contributed by atoms with E-state index >= 15 is 0 Å². The molecule has 0 spiro atoms. The van der Waals surface area contributed by atoms with Gasteiger partial charge in [0, 0.05) is 23.6 Å². The zero-order valence-electron chi connectivity index (χ0n) is 9.16. The highest BCUT2D eigenvalue weighted by molar-refractivity contribution is 7.99. The van der Waals surface area contributed by atoms with Crippen molar-refractivity contribution < 1.29 is 4.39 Å². The average molecular weight is 228 g/mol. The summed E-state index contributed by atoms with van der Waals surface area (Å²) in [5.41, 5.74) is 0.705.